The lowest BCUT2D eigenvalue weighted by Gasteiger charge is -2.01. The van der Waals surface area contributed by atoms with Crippen LogP contribution >= 0.6 is 0 Å². The van der Waals surface area contributed by atoms with Gasteiger partial charge in [0.2, 0.25) is 5.95 Å². The molecule has 0 bridgehead atoms. The Morgan fingerprint density at radius 3 is 3.05 bits per heavy atom. The number of aromatic amines is 1. The van der Waals surface area contributed by atoms with Gasteiger partial charge in [-0.1, -0.05) is 11.3 Å². The van der Waals surface area contributed by atoms with Crippen molar-refractivity contribution < 1.29 is 0 Å². The van der Waals surface area contributed by atoms with E-state index in [0.29, 0.717) is 5.95 Å². The fourth-order valence-electron chi connectivity index (χ4n) is 2.46. The Morgan fingerprint density at radius 2 is 2.19 bits per heavy atom. The van der Waals surface area contributed by atoms with Crippen molar-refractivity contribution >= 4 is 28.0 Å². The quantitative estimate of drug-likeness (QED) is 0.586. The fraction of sp³-hybridized carbons (Fsp3) is 0.143. The molecule has 0 atom stereocenters. The predicted molar refractivity (Wildman–Crippen MR) is 80.9 cm³/mol. The summed E-state index contributed by atoms with van der Waals surface area (Å²) >= 11 is 0. The first-order valence-corrected chi connectivity index (χ1v) is 6.58. The maximum Gasteiger partial charge on any atom is 0.224 e. The molecule has 0 unspecified atom stereocenters. The second-order valence-electron chi connectivity index (χ2n) is 4.82. The van der Waals surface area contributed by atoms with Crippen LogP contribution in [-0.2, 0) is 7.05 Å². The Bertz CT molecular complexity index is 950. The van der Waals surface area contributed by atoms with E-state index in [0.717, 1.165) is 33.2 Å². The Hall–Kier alpha value is -2.96. The molecule has 3 heterocycles. The standard InChI is InChI=1S/C14H13N7/c1-15-14-17-7-10-9(6-16-13(10)18-14)8-3-4-11-12(5-8)21(2)20-19-11/h3-7H,1-2H3,(H2,15,16,17,18). The zero-order chi connectivity index (χ0) is 14.4. The lowest BCUT2D eigenvalue weighted by Crippen LogP contribution is -1.95. The maximum absolute atomic E-state index is 4.40. The highest BCUT2D eigenvalue weighted by atomic mass is 15.4. The number of nitrogens with one attached hydrogen (secondary N) is 2. The number of aryl methyl sites for hydroxylation is 1. The van der Waals surface area contributed by atoms with Crippen molar-refractivity contribution in [1.29, 1.82) is 0 Å². The van der Waals surface area contributed by atoms with E-state index in [9.17, 15) is 0 Å². The second-order valence-corrected chi connectivity index (χ2v) is 4.82. The minimum Gasteiger partial charge on any atom is -0.357 e. The zero-order valence-corrected chi connectivity index (χ0v) is 11.6. The molecule has 7 nitrogen and oxygen atoms in total. The monoisotopic (exact) mass is 279 g/mol. The Morgan fingerprint density at radius 1 is 1.29 bits per heavy atom. The molecule has 0 amide bonds. The molecule has 0 aliphatic rings. The molecule has 0 fully saturated rings. The third-order valence-electron chi connectivity index (χ3n) is 3.58. The van der Waals surface area contributed by atoms with Gasteiger partial charge in [0.1, 0.15) is 11.2 Å². The average molecular weight is 279 g/mol. The number of rotatable bonds is 2. The summed E-state index contributed by atoms with van der Waals surface area (Å²) in [7, 11) is 3.69. The summed E-state index contributed by atoms with van der Waals surface area (Å²) in [5.74, 6) is 0.599. The second kappa shape index (κ2) is 4.27. The summed E-state index contributed by atoms with van der Waals surface area (Å²) in [6.07, 6.45) is 3.77. The topological polar surface area (TPSA) is 84.3 Å². The molecule has 1 aromatic carbocycles. The molecule has 21 heavy (non-hydrogen) atoms. The van der Waals surface area contributed by atoms with Crippen molar-refractivity contribution in [1.82, 2.24) is 29.9 Å². The Labute approximate surface area is 120 Å². The number of H-pyrrole nitrogens is 1. The van der Waals surface area contributed by atoms with E-state index in [2.05, 4.69) is 36.6 Å². The van der Waals surface area contributed by atoms with Crippen LogP contribution in [0, 0.1) is 0 Å². The van der Waals surface area contributed by atoms with Crippen molar-refractivity contribution in [2.45, 2.75) is 0 Å². The van der Waals surface area contributed by atoms with E-state index >= 15 is 0 Å². The number of benzene rings is 1. The molecule has 0 aliphatic carbocycles. The molecule has 104 valence electrons. The van der Waals surface area contributed by atoms with Crippen LogP contribution < -0.4 is 5.32 Å². The van der Waals surface area contributed by atoms with Crippen molar-refractivity contribution in [3.63, 3.8) is 0 Å². The first kappa shape index (κ1) is 11.8. The summed E-state index contributed by atoms with van der Waals surface area (Å²) in [4.78, 5) is 11.9. The lowest BCUT2D eigenvalue weighted by atomic mass is 10.1. The number of fused-ring (bicyclic) bond motifs is 2. The summed E-state index contributed by atoms with van der Waals surface area (Å²) in [6, 6.07) is 6.08. The zero-order valence-electron chi connectivity index (χ0n) is 11.6. The van der Waals surface area contributed by atoms with Crippen LogP contribution in [0.4, 0.5) is 5.95 Å². The predicted octanol–water partition coefficient (Wildman–Crippen LogP) is 1.95. The molecule has 2 N–H and O–H groups in total. The van der Waals surface area contributed by atoms with Crippen molar-refractivity contribution in [2.75, 3.05) is 12.4 Å². The lowest BCUT2D eigenvalue weighted by molar-refractivity contribution is 0.736. The van der Waals surface area contributed by atoms with Crippen LogP contribution in [0.5, 0.6) is 0 Å². The molecule has 4 aromatic rings. The molecule has 0 aliphatic heterocycles. The van der Waals surface area contributed by atoms with E-state index < -0.39 is 0 Å². The van der Waals surface area contributed by atoms with Gasteiger partial charge in [0.15, 0.2) is 0 Å². The SMILES string of the molecule is CNc1ncc2c(-c3ccc4nnn(C)c4c3)c[nH]c2n1. The minimum absolute atomic E-state index is 0.599. The van der Waals surface area contributed by atoms with E-state index in [1.165, 1.54) is 0 Å². The van der Waals surface area contributed by atoms with Gasteiger partial charge in [-0.3, -0.25) is 0 Å². The number of aromatic nitrogens is 6. The van der Waals surface area contributed by atoms with Gasteiger partial charge in [-0.2, -0.15) is 4.98 Å². The van der Waals surface area contributed by atoms with Crippen LogP contribution in [0.3, 0.4) is 0 Å². The smallest absolute Gasteiger partial charge is 0.224 e. The van der Waals surface area contributed by atoms with Gasteiger partial charge in [-0.05, 0) is 17.7 Å². The van der Waals surface area contributed by atoms with Crippen molar-refractivity contribution in [3.8, 4) is 11.1 Å². The van der Waals surface area contributed by atoms with Gasteiger partial charge >= 0.3 is 0 Å². The van der Waals surface area contributed by atoms with Gasteiger partial charge in [-0.15, -0.1) is 5.10 Å². The third kappa shape index (κ3) is 1.74. The molecular formula is C14H13N7. The third-order valence-corrected chi connectivity index (χ3v) is 3.58. The van der Waals surface area contributed by atoms with Crippen molar-refractivity contribution in [3.05, 3.63) is 30.6 Å². The first-order valence-electron chi connectivity index (χ1n) is 6.58. The van der Waals surface area contributed by atoms with Gasteiger partial charge in [-0.25, -0.2) is 9.67 Å². The molecule has 7 heteroatoms. The van der Waals surface area contributed by atoms with Crippen LogP contribution in [-0.4, -0.2) is 37.0 Å². The van der Waals surface area contributed by atoms with Gasteiger partial charge in [0.25, 0.3) is 0 Å². The summed E-state index contributed by atoms with van der Waals surface area (Å²) in [5.41, 5.74) is 4.84. The average Bonchev–Trinajstić information content (AvgIpc) is 3.10. The molecule has 0 spiro atoms. The first-order chi connectivity index (χ1) is 10.3. The summed E-state index contributed by atoms with van der Waals surface area (Å²) in [6.45, 7) is 0. The minimum atomic E-state index is 0.599. The molecule has 3 aromatic heterocycles. The highest BCUT2D eigenvalue weighted by molar-refractivity contribution is 5.95. The van der Waals surface area contributed by atoms with Crippen LogP contribution in [0.25, 0.3) is 33.2 Å². The number of nitrogens with zero attached hydrogens (tertiary/aromatic N) is 5. The van der Waals surface area contributed by atoms with Crippen LogP contribution in [0.15, 0.2) is 30.6 Å². The van der Waals surface area contributed by atoms with Gasteiger partial charge in [0.05, 0.1) is 5.52 Å². The molecule has 0 saturated carbocycles. The maximum atomic E-state index is 4.40. The molecular weight excluding hydrogens is 266 g/mol. The van der Waals surface area contributed by atoms with Crippen molar-refractivity contribution in [2.24, 2.45) is 7.05 Å². The number of anilines is 1. The Balaban J connectivity index is 1.93. The van der Waals surface area contributed by atoms with Crippen LogP contribution in [0.2, 0.25) is 0 Å². The normalized spacial score (nSPS) is 11.3. The molecule has 0 radical (unpaired) electrons. The van der Waals surface area contributed by atoms with E-state index in [4.69, 9.17) is 0 Å². The van der Waals surface area contributed by atoms with E-state index in [1.54, 1.807) is 11.7 Å². The highest BCUT2D eigenvalue weighted by Crippen LogP contribution is 2.29. The van der Waals surface area contributed by atoms with E-state index in [1.807, 2.05) is 31.6 Å². The number of hydrogen-bond acceptors (Lipinski definition) is 5. The van der Waals surface area contributed by atoms with Gasteiger partial charge < -0.3 is 10.3 Å². The number of hydrogen-bond donors (Lipinski definition) is 2. The molecule has 4 rings (SSSR count). The summed E-state index contributed by atoms with van der Waals surface area (Å²) < 4.78 is 1.77. The van der Waals surface area contributed by atoms with Crippen LogP contribution in [0.1, 0.15) is 0 Å². The summed E-state index contributed by atoms with van der Waals surface area (Å²) in [5, 5.41) is 12.1. The fourth-order valence-corrected chi connectivity index (χ4v) is 2.46. The van der Waals surface area contributed by atoms with Gasteiger partial charge in [0, 0.05) is 37.4 Å². The highest BCUT2D eigenvalue weighted by Gasteiger charge is 2.10. The Kier molecular flexibility index (Phi) is 2.41. The van der Waals surface area contributed by atoms with E-state index in [-0.39, 0.29) is 0 Å². The molecule has 0 saturated heterocycles. The largest absolute Gasteiger partial charge is 0.357 e.